The maximum absolute atomic E-state index is 6.49. The smallest absolute Gasteiger partial charge is 0.242 e. The van der Waals surface area contributed by atoms with Gasteiger partial charge in [-0.15, -0.1) is 0 Å². The minimum absolute atomic E-state index is 0.144. The van der Waals surface area contributed by atoms with Crippen LogP contribution < -0.4 is 0 Å². The number of benzene rings is 3. The van der Waals surface area contributed by atoms with E-state index >= 15 is 0 Å². The molecule has 3 heterocycles. The molecule has 154 valence electrons. The molecule has 5 nitrogen and oxygen atoms in total. The van der Waals surface area contributed by atoms with Crippen molar-refractivity contribution in [1.29, 1.82) is 0 Å². The largest absolute Gasteiger partial charge is 0.278 e. The zero-order valence-electron chi connectivity index (χ0n) is 17.3. The van der Waals surface area contributed by atoms with Gasteiger partial charge in [-0.3, -0.25) is 9.13 Å². The highest BCUT2D eigenvalue weighted by atomic mass is 35.5. The molecule has 0 atom stereocenters. The van der Waals surface area contributed by atoms with Crippen LogP contribution in [-0.2, 0) is 0 Å². The molecule has 6 aromatic rings. The van der Waals surface area contributed by atoms with Crippen LogP contribution in [0.4, 0.5) is 0 Å². The van der Waals surface area contributed by atoms with Gasteiger partial charge in [0, 0.05) is 16.8 Å². The van der Waals surface area contributed by atoms with Crippen LogP contribution in [0.25, 0.3) is 56.8 Å². The van der Waals surface area contributed by atoms with Gasteiger partial charge in [0.1, 0.15) is 17.7 Å². The van der Waals surface area contributed by atoms with Gasteiger partial charge in [-0.1, -0.05) is 48.5 Å². The Hall–Kier alpha value is -4.31. The third-order valence-electron chi connectivity index (χ3n) is 6.08. The molecule has 1 aliphatic rings. The zero-order chi connectivity index (χ0) is 21.9. The number of hydrogen-bond donors (Lipinski definition) is 0. The molecule has 3 aromatic carbocycles. The second kappa shape index (κ2) is 6.84. The molecule has 0 bridgehead atoms. The second-order valence-electron chi connectivity index (χ2n) is 7.87. The summed E-state index contributed by atoms with van der Waals surface area (Å²) in [6.45, 7) is 0. The molecule has 0 fully saturated rings. The molecule has 6 heteroatoms. The van der Waals surface area contributed by atoms with E-state index in [4.69, 9.17) is 16.6 Å². The van der Waals surface area contributed by atoms with E-state index in [1.54, 1.807) is 0 Å². The molecule has 0 unspecified atom stereocenters. The van der Waals surface area contributed by atoms with Crippen LogP contribution in [-0.4, -0.2) is 24.1 Å². The standard InChI is InChI=1S/C27H15ClN5/c28-25-29-26(32-21-13-5-1-9-17(21)18-10-2-6-14-22(18)32)31-27(30-25)33-23-15-7-3-11-19(23)20-12-4-8-16-24(20)33/h1-3,5-16H/q+1. The molecule has 0 saturated carbocycles. The Labute approximate surface area is 193 Å². The highest BCUT2D eigenvalue weighted by molar-refractivity contribution is 6.28. The topological polar surface area (TPSA) is 48.5 Å². The Bertz CT molecular complexity index is 1730. The van der Waals surface area contributed by atoms with E-state index in [1.165, 1.54) is 0 Å². The number of para-hydroxylation sites is 3. The number of fused-ring (bicyclic) bond motifs is 6. The lowest BCUT2D eigenvalue weighted by Crippen LogP contribution is -2.10. The number of halogens is 1. The SMILES string of the molecule is Clc1nc(-n2c3c(c4ccccc42)C=[C+]C=C3)nc(-n2c3ccccc3c3ccccc32)n1. The van der Waals surface area contributed by atoms with Crippen LogP contribution in [0.5, 0.6) is 0 Å². The van der Waals surface area contributed by atoms with Gasteiger partial charge in [-0.05, 0) is 35.9 Å². The molecule has 0 N–H and O–H groups in total. The van der Waals surface area contributed by atoms with Crippen molar-refractivity contribution < 1.29 is 0 Å². The van der Waals surface area contributed by atoms with Crippen LogP contribution in [0.2, 0.25) is 5.28 Å². The molecule has 0 spiro atoms. The molecular formula is C27H15ClN5+. The summed E-state index contributed by atoms with van der Waals surface area (Å²) in [5.41, 5.74) is 5.11. The number of allylic oxidation sites excluding steroid dienone is 2. The number of nitrogens with zero attached hydrogens (tertiary/aromatic N) is 5. The summed E-state index contributed by atoms with van der Waals surface area (Å²) in [6, 6.07) is 24.7. The third kappa shape index (κ3) is 2.61. The number of hydrogen-bond acceptors (Lipinski definition) is 3. The first-order valence-electron chi connectivity index (χ1n) is 10.6. The molecule has 33 heavy (non-hydrogen) atoms. The molecule has 0 radical (unpaired) electrons. The van der Waals surface area contributed by atoms with Gasteiger partial charge in [0.05, 0.1) is 28.0 Å². The van der Waals surface area contributed by atoms with Gasteiger partial charge >= 0.3 is 0 Å². The van der Waals surface area contributed by atoms with Crippen molar-refractivity contribution in [1.82, 2.24) is 24.1 Å². The predicted octanol–water partition coefficient (Wildman–Crippen LogP) is 6.41. The lowest BCUT2D eigenvalue weighted by atomic mass is 10.1. The lowest BCUT2D eigenvalue weighted by Gasteiger charge is -2.10. The summed E-state index contributed by atoms with van der Waals surface area (Å²) in [5.74, 6) is 0.958. The summed E-state index contributed by atoms with van der Waals surface area (Å²) in [6.07, 6.45) is 9.09. The van der Waals surface area contributed by atoms with Gasteiger partial charge in [0.25, 0.3) is 0 Å². The molecular weight excluding hydrogens is 430 g/mol. The highest BCUT2D eigenvalue weighted by Crippen LogP contribution is 2.34. The van der Waals surface area contributed by atoms with Gasteiger partial charge in [0.15, 0.2) is 5.69 Å². The molecule has 0 amide bonds. The van der Waals surface area contributed by atoms with E-state index in [9.17, 15) is 0 Å². The number of aromatic nitrogens is 5. The molecule has 0 saturated heterocycles. The first-order chi connectivity index (χ1) is 16.3. The Balaban J connectivity index is 1.56. The fourth-order valence-electron chi connectivity index (χ4n) is 4.74. The van der Waals surface area contributed by atoms with E-state index in [-0.39, 0.29) is 5.28 Å². The maximum Gasteiger partial charge on any atom is 0.242 e. The van der Waals surface area contributed by atoms with Gasteiger partial charge in [0.2, 0.25) is 17.2 Å². The fourth-order valence-corrected chi connectivity index (χ4v) is 4.89. The summed E-state index contributed by atoms with van der Waals surface area (Å²) in [7, 11) is 0. The van der Waals surface area contributed by atoms with Crippen molar-refractivity contribution in [3.8, 4) is 11.9 Å². The average Bonchev–Trinajstić information content (AvgIpc) is 3.37. The van der Waals surface area contributed by atoms with Crippen LogP contribution in [0.3, 0.4) is 0 Å². The Morgan fingerprint density at radius 3 is 1.85 bits per heavy atom. The summed E-state index contributed by atoms with van der Waals surface area (Å²) >= 11 is 6.49. The fraction of sp³-hybridized carbons (Fsp3) is 0. The quantitative estimate of drug-likeness (QED) is 0.290. The Kier molecular flexibility index (Phi) is 3.79. The Morgan fingerprint density at radius 2 is 1.18 bits per heavy atom. The number of rotatable bonds is 2. The van der Waals surface area contributed by atoms with Crippen LogP contribution >= 0.6 is 11.6 Å². The van der Waals surface area contributed by atoms with E-state index in [0.717, 1.165) is 44.0 Å². The average molecular weight is 445 g/mol. The third-order valence-corrected chi connectivity index (χ3v) is 6.25. The first kappa shape index (κ1) is 18.3. The molecule has 7 rings (SSSR count). The van der Waals surface area contributed by atoms with Crippen LogP contribution in [0.15, 0.2) is 78.9 Å². The van der Waals surface area contributed by atoms with Crippen molar-refractivity contribution in [2.75, 3.05) is 0 Å². The van der Waals surface area contributed by atoms with Crippen LogP contribution in [0.1, 0.15) is 11.3 Å². The van der Waals surface area contributed by atoms with Gasteiger partial charge in [-0.25, -0.2) is 0 Å². The van der Waals surface area contributed by atoms with E-state index < -0.39 is 0 Å². The van der Waals surface area contributed by atoms with E-state index in [1.807, 2.05) is 63.8 Å². The van der Waals surface area contributed by atoms with Crippen molar-refractivity contribution in [3.05, 3.63) is 101 Å². The predicted molar refractivity (Wildman–Crippen MR) is 133 cm³/mol. The van der Waals surface area contributed by atoms with Crippen LogP contribution in [0, 0.1) is 6.08 Å². The highest BCUT2D eigenvalue weighted by Gasteiger charge is 2.25. The van der Waals surface area contributed by atoms with Gasteiger partial charge in [-0.2, -0.15) is 15.0 Å². The van der Waals surface area contributed by atoms with Crippen molar-refractivity contribution in [2.24, 2.45) is 0 Å². The minimum Gasteiger partial charge on any atom is -0.278 e. The normalized spacial score (nSPS) is 12.5. The van der Waals surface area contributed by atoms with E-state index in [0.29, 0.717) is 11.9 Å². The maximum atomic E-state index is 6.49. The molecule has 3 aromatic heterocycles. The molecule has 0 aliphatic heterocycles. The molecule has 1 aliphatic carbocycles. The van der Waals surface area contributed by atoms with Crippen molar-refractivity contribution >= 4 is 56.5 Å². The summed E-state index contributed by atoms with van der Waals surface area (Å²) < 4.78 is 4.08. The second-order valence-corrected chi connectivity index (χ2v) is 8.21. The zero-order valence-corrected chi connectivity index (χ0v) is 18.0. The minimum atomic E-state index is 0.144. The van der Waals surface area contributed by atoms with E-state index in [2.05, 4.69) is 52.4 Å². The van der Waals surface area contributed by atoms with Crippen molar-refractivity contribution in [2.45, 2.75) is 0 Å². The summed E-state index contributed by atoms with van der Waals surface area (Å²) in [4.78, 5) is 14.0. The monoisotopic (exact) mass is 444 g/mol. The Morgan fingerprint density at radius 1 is 0.636 bits per heavy atom. The first-order valence-corrected chi connectivity index (χ1v) is 11.0. The van der Waals surface area contributed by atoms with Crippen molar-refractivity contribution in [3.63, 3.8) is 0 Å². The van der Waals surface area contributed by atoms with Gasteiger partial charge < -0.3 is 0 Å². The summed E-state index contributed by atoms with van der Waals surface area (Å²) in [5, 5.41) is 3.53. The lowest BCUT2D eigenvalue weighted by molar-refractivity contribution is 0.871.